The molecule has 0 spiro atoms. The minimum atomic E-state index is 0.772. The second-order valence-corrected chi connectivity index (χ2v) is 4.38. The molecule has 0 bridgehead atoms. The molecule has 2 rings (SSSR count). The van der Waals surface area contributed by atoms with Crippen LogP contribution in [0, 0.1) is 6.92 Å². The Morgan fingerprint density at radius 1 is 1.06 bits per heavy atom. The summed E-state index contributed by atoms with van der Waals surface area (Å²) in [6, 6.07) is 10.3. The average Bonchev–Trinajstić information content (AvgIpc) is 2.38. The molecule has 0 amide bonds. The Hall–Kier alpha value is -2.10. The highest BCUT2D eigenvalue weighted by Crippen LogP contribution is 2.22. The zero-order valence-electron chi connectivity index (χ0n) is 11.2. The third kappa shape index (κ3) is 2.59. The van der Waals surface area contributed by atoms with Crippen LogP contribution in [0.1, 0.15) is 5.82 Å². The van der Waals surface area contributed by atoms with Crippen LogP contribution in [-0.4, -0.2) is 31.1 Å². The number of rotatable bonds is 3. The first kappa shape index (κ1) is 12.4. The van der Waals surface area contributed by atoms with Crippen molar-refractivity contribution in [2.75, 3.05) is 31.4 Å². The van der Waals surface area contributed by atoms with Gasteiger partial charge in [-0.2, -0.15) is 0 Å². The van der Waals surface area contributed by atoms with E-state index in [2.05, 4.69) is 44.5 Å². The molecular formula is C14H18N4. The summed E-state index contributed by atoms with van der Waals surface area (Å²) in [5.41, 5.74) is 3.22. The van der Waals surface area contributed by atoms with E-state index in [1.54, 1.807) is 0 Å². The summed E-state index contributed by atoms with van der Waals surface area (Å²) >= 11 is 0. The highest BCUT2D eigenvalue weighted by atomic mass is 15.1. The van der Waals surface area contributed by atoms with Crippen LogP contribution in [-0.2, 0) is 0 Å². The monoisotopic (exact) mass is 242 g/mol. The summed E-state index contributed by atoms with van der Waals surface area (Å²) < 4.78 is 0. The van der Waals surface area contributed by atoms with Gasteiger partial charge in [-0.05, 0) is 19.1 Å². The van der Waals surface area contributed by atoms with Crippen LogP contribution in [0.25, 0.3) is 11.3 Å². The largest absolute Gasteiger partial charge is 0.378 e. The molecule has 4 heteroatoms. The second kappa shape index (κ2) is 5.04. The van der Waals surface area contributed by atoms with Crippen molar-refractivity contribution in [3.05, 3.63) is 36.2 Å². The summed E-state index contributed by atoms with van der Waals surface area (Å²) in [5.74, 6) is 1.61. The molecule has 1 aromatic heterocycles. The lowest BCUT2D eigenvalue weighted by molar-refractivity contribution is 1.06. The molecule has 4 nitrogen and oxygen atoms in total. The molecule has 1 aromatic carbocycles. The zero-order valence-corrected chi connectivity index (χ0v) is 11.2. The van der Waals surface area contributed by atoms with Gasteiger partial charge in [-0.25, -0.2) is 9.97 Å². The van der Waals surface area contributed by atoms with Crippen LogP contribution in [0.3, 0.4) is 0 Å². The standard InChI is InChI=1S/C14H18N4/c1-10-16-13(9-14(15-2)17-10)11-5-7-12(8-6-11)18(3)4/h5-9H,1-4H3,(H,15,16,17). The zero-order chi connectivity index (χ0) is 13.1. The van der Waals surface area contributed by atoms with Gasteiger partial charge in [-0.1, -0.05) is 12.1 Å². The fraction of sp³-hybridized carbons (Fsp3) is 0.286. The lowest BCUT2D eigenvalue weighted by Crippen LogP contribution is -2.08. The summed E-state index contributed by atoms with van der Waals surface area (Å²) in [7, 11) is 5.92. The molecule has 0 aliphatic rings. The molecule has 18 heavy (non-hydrogen) atoms. The van der Waals surface area contributed by atoms with Gasteiger partial charge in [-0.15, -0.1) is 0 Å². The maximum absolute atomic E-state index is 4.46. The number of hydrogen-bond donors (Lipinski definition) is 1. The van der Waals surface area contributed by atoms with Crippen molar-refractivity contribution in [1.29, 1.82) is 0 Å². The number of aromatic nitrogens is 2. The highest BCUT2D eigenvalue weighted by molar-refractivity contribution is 5.65. The molecule has 0 radical (unpaired) electrons. The van der Waals surface area contributed by atoms with Crippen LogP contribution in [0.15, 0.2) is 30.3 Å². The first-order valence-corrected chi connectivity index (χ1v) is 5.91. The molecule has 0 aliphatic heterocycles. The molecule has 0 fully saturated rings. The van der Waals surface area contributed by atoms with Crippen LogP contribution in [0.5, 0.6) is 0 Å². The number of nitrogens with zero attached hydrogens (tertiary/aromatic N) is 3. The van der Waals surface area contributed by atoms with Gasteiger partial charge < -0.3 is 10.2 Å². The Labute approximate surface area is 108 Å². The summed E-state index contributed by atoms with van der Waals surface area (Å²) in [6.07, 6.45) is 0. The summed E-state index contributed by atoms with van der Waals surface area (Å²) in [5, 5.41) is 3.05. The number of benzene rings is 1. The fourth-order valence-corrected chi connectivity index (χ4v) is 1.77. The van der Waals surface area contributed by atoms with Gasteiger partial charge in [-0.3, -0.25) is 0 Å². The van der Waals surface area contributed by atoms with Crippen molar-refractivity contribution in [3.63, 3.8) is 0 Å². The van der Waals surface area contributed by atoms with E-state index >= 15 is 0 Å². The van der Waals surface area contributed by atoms with Gasteiger partial charge >= 0.3 is 0 Å². The number of hydrogen-bond acceptors (Lipinski definition) is 4. The molecule has 2 aromatic rings. The van der Waals surface area contributed by atoms with Gasteiger partial charge in [0.1, 0.15) is 11.6 Å². The maximum atomic E-state index is 4.46. The molecular weight excluding hydrogens is 224 g/mol. The molecule has 94 valence electrons. The van der Waals surface area contributed by atoms with E-state index in [9.17, 15) is 0 Å². The Morgan fingerprint density at radius 3 is 2.28 bits per heavy atom. The van der Waals surface area contributed by atoms with Crippen molar-refractivity contribution in [2.24, 2.45) is 0 Å². The first-order valence-electron chi connectivity index (χ1n) is 5.91. The van der Waals surface area contributed by atoms with E-state index in [4.69, 9.17) is 0 Å². The number of nitrogens with one attached hydrogen (secondary N) is 1. The lowest BCUT2D eigenvalue weighted by Gasteiger charge is -2.12. The molecule has 1 heterocycles. The molecule has 0 atom stereocenters. The van der Waals surface area contributed by atoms with Crippen molar-refractivity contribution < 1.29 is 0 Å². The third-order valence-electron chi connectivity index (χ3n) is 2.77. The van der Waals surface area contributed by atoms with Crippen LogP contribution in [0.2, 0.25) is 0 Å². The summed E-state index contributed by atoms with van der Waals surface area (Å²) in [6.45, 7) is 1.90. The van der Waals surface area contributed by atoms with Gasteiger partial charge in [0, 0.05) is 38.5 Å². The average molecular weight is 242 g/mol. The van der Waals surface area contributed by atoms with Crippen molar-refractivity contribution >= 4 is 11.5 Å². The molecule has 0 saturated carbocycles. The number of anilines is 2. The van der Waals surface area contributed by atoms with Gasteiger partial charge in [0.2, 0.25) is 0 Å². The van der Waals surface area contributed by atoms with E-state index < -0.39 is 0 Å². The number of aryl methyl sites for hydroxylation is 1. The van der Waals surface area contributed by atoms with E-state index in [1.807, 2.05) is 34.1 Å². The van der Waals surface area contributed by atoms with E-state index in [-0.39, 0.29) is 0 Å². The third-order valence-corrected chi connectivity index (χ3v) is 2.77. The fourth-order valence-electron chi connectivity index (χ4n) is 1.77. The van der Waals surface area contributed by atoms with Gasteiger partial charge in [0.25, 0.3) is 0 Å². The Kier molecular flexibility index (Phi) is 3.46. The Bertz CT molecular complexity index is 532. The van der Waals surface area contributed by atoms with E-state index in [0.717, 1.165) is 22.9 Å². The molecule has 0 saturated heterocycles. The SMILES string of the molecule is CNc1cc(-c2ccc(N(C)C)cc2)nc(C)n1. The predicted molar refractivity (Wildman–Crippen MR) is 76.1 cm³/mol. The summed E-state index contributed by atoms with van der Waals surface area (Å²) in [4.78, 5) is 10.8. The molecule has 0 unspecified atom stereocenters. The Morgan fingerprint density at radius 2 is 1.72 bits per heavy atom. The van der Waals surface area contributed by atoms with Crippen LogP contribution in [0.4, 0.5) is 11.5 Å². The van der Waals surface area contributed by atoms with Gasteiger partial charge in [0.15, 0.2) is 0 Å². The maximum Gasteiger partial charge on any atom is 0.130 e. The van der Waals surface area contributed by atoms with Crippen LogP contribution >= 0.6 is 0 Å². The predicted octanol–water partition coefficient (Wildman–Crippen LogP) is 2.56. The van der Waals surface area contributed by atoms with E-state index in [0.29, 0.717) is 0 Å². The quantitative estimate of drug-likeness (QED) is 0.898. The van der Waals surface area contributed by atoms with Crippen LogP contribution < -0.4 is 10.2 Å². The molecule has 0 aliphatic carbocycles. The van der Waals surface area contributed by atoms with Crippen molar-refractivity contribution in [1.82, 2.24) is 9.97 Å². The van der Waals surface area contributed by atoms with E-state index in [1.165, 1.54) is 5.69 Å². The minimum absolute atomic E-state index is 0.772. The molecule has 1 N–H and O–H groups in total. The van der Waals surface area contributed by atoms with Gasteiger partial charge in [0.05, 0.1) is 5.69 Å². The van der Waals surface area contributed by atoms with Crippen molar-refractivity contribution in [3.8, 4) is 11.3 Å². The Balaban J connectivity index is 2.39. The topological polar surface area (TPSA) is 41.0 Å². The smallest absolute Gasteiger partial charge is 0.130 e. The second-order valence-electron chi connectivity index (χ2n) is 4.38. The minimum Gasteiger partial charge on any atom is -0.378 e. The highest BCUT2D eigenvalue weighted by Gasteiger charge is 2.04. The first-order chi connectivity index (χ1) is 8.60. The lowest BCUT2D eigenvalue weighted by atomic mass is 10.1. The normalized spacial score (nSPS) is 10.2. The van der Waals surface area contributed by atoms with Crippen molar-refractivity contribution in [2.45, 2.75) is 6.92 Å².